The number of amides is 2. The van der Waals surface area contributed by atoms with Gasteiger partial charge in [-0.05, 0) is 45.8 Å². The van der Waals surface area contributed by atoms with Crippen molar-refractivity contribution in [2.75, 3.05) is 19.0 Å². The Morgan fingerprint density at radius 1 is 1.09 bits per heavy atom. The van der Waals surface area contributed by atoms with Gasteiger partial charge in [0, 0.05) is 17.1 Å². The van der Waals surface area contributed by atoms with E-state index in [0.29, 0.717) is 17.9 Å². The number of methoxy groups -OCH3 is 1. The lowest BCUT2D eigenvalue weighted by Gasteiger charge is -2.08. The van der Waals surface area contributed by atoms with Crippen LogP contribution in [0.5, 0.6) is 0 Å². The van der Waals surface area contributed by atoms with Crippen molar-refractivity contribution in [1.29, 1.82) is 0 Å². The summed E-state index contributed by atoms with van der Waals surface area (Å²) in [6.07, 6.45) is 0. The molecule has 0 atom stereocenters. The zero-order valence-electron chi connectivity index (χ0n) is 12.6. The predicted octanol–water partition coefficient (Wildman–Crippen LogP) is 2.96. The highest BCUT2D eigenvalue weighted by Crippen LogP contribution is 2.20. The largest absolute Gasteiger partial charge is 0.380 e. The zero-order chi connectivity index (χ0) is 16.7. The van der Waals surface area contributed by atoms with Gasteiger partial charge >= 0.3 is 0 Å². The molecule has 2 amide bonds. The number of benzene rings is 2. The molecule has 0 saturated carbocycles. The van der Waals surface area contributed by atoms with Gasteiger partial charge in [0.05, 0.1) is 18.8 Å². The van der Waals surface area contributed by atoms with Gasteiger partial charge in [-0.3, -0.25) is 9.59 Å². The Bertz CT molecular complexity index is 686. The Hall–Kier alpha value is -2.18. The van der Waals surface area contributed by atoms with Crippen molar-refractivity contribution < 1.29 is 14.3 Å². The van der Waals surface area contributed by atoms with E-state index in [1.54, 1.807) is 25.3 Å². The Balaban J connectivity index is 1.86. The van der Waals surface area contributed by atoms with Crippen molar-refractivity contribution in [3.05, 3.63) is 64.1 Å². The highest BCUT2D eigenvalue weighted by Gasteiger charge is 2.09. The van der Waals surface area contributed by atoms with Gasteiger partial charge in [-0.2, -0.15) is 0 Å². The van der Waals surface area contributed by atoms with Crippen LogP contribution in [0.2, 0.25) is 0 Å². The van der Waals surface area contributed by atoms with Crippen LogP contribution in [0.1, 0.15) is 15.9 Å². The van der Waals surface area contributed by atoms with Crippen molar-refractivity contribution in [1.82, 2.24) is 5.32 Å². The van der Waals surface area contributed by atoms with Crippen LogP contribution in [-0.2, 0) is 16.1 Å². The van der Waals surface area contributed by atoms with Gasteiger partial charge in [-0.15, -0.1) is 0 Å². The molecule has 2 rings (SSSR count). The van der Waals surface area contributed by atoms with Crippen molar-refractivity contribution in [3.8, 4) is 0 Å². The summed E-state index contributed by atoms with van der Waals surface area (Å²) in [6, 6.07) is 14.3. The number of carbonyl (C=O) groups excluding carboxylic acids is 2. The fourth-order valence-corrected chi connectivity index (χ4v) is 2.32. The van der Waals surface area contributed by atoms with Crippen LogP contribution in [-0.4, -0.2) is 25.5 Å². The third-order valence-electron chi connectivity index (χ3n) is 3.08. The maximum absolute atomic E-state index is 12.0. The molecular formula is C17H17BrN2O3. The average Bonchev–Trinajstić information content (AvgIpc) is 2.56. The van der Waals surface area contributed by atoms with Crippen LogP contribution >= 0.6 is 15.9 Å². The number of anilines is 1. The maximum Gasteiger partial charge on any atom is 0.251 e. The van der Waals surface area contributed by atoms with E-state index in [1.807, 2.05) is 30.3 Å². The number of carbonyl (C=O) groups is 2. The standard InChI is InChI=1S/C17H17BrN2O3/c1-23-11-12-6-8-13(9-7-12)17(22)19-10-16(21)20-15-5-3-2-4-14(15)18/h2-9H,10-11H2,1H3,(H,19,22)(H,20,21). The molecule has 0 aliphatic heterocycles. The number of nitrogens with one attached hydrogen (secondary N) is 2. The Morgan fingerprint density at radius 2 is 1.78 bits per heavy atom. The number of ether oxygens (including phenoxy) is 1. The molecule has 5 nitrogen and oxygen atoms in total. The van der Waals surface area contributed by atoms with Gasteiger partial charge < -0.3 is 15.4 Å². The molecule has 2 aromatic rings. The molecule has 0 aliphatic carbocycles. The molecule has 120 valence electrons. The quantitative estimate of drug-likeness (QED) is 0.814. The third kappa shape index (κ3) is 5.19. The minimum Gasteiger partial charge on any atom is -0.380 e. The molecule has 0 spiro atoms. The lowest BCUT2D eigenvalue weighted by atomic mass is 10.1. The van der Waals surface area contributed by atoms with Gasteiger partial charge in [0.1, 0.15) is 0 Å². The van der Waals surface area contributed by atoms with E-state index in [4.69, 9.17) is 4.74 Å². The van der Waals surface area contributed by atoms with E-state index < -0.39 is 0 Å². The topological polar surface area (TPSA) is 67.4 Å². The first-order chi connectivity index (χ1) is 11.1. The summed E-state index contributed by atoms with van der Waals surface area (Å²) in [6.45, 7) is 0.399. The summed E-state index contributed by atoms with van der Waals surface area (Å²) < 4.78 is 5.80. The zero-order valence-corrected chi connectivity index (χ0v) is 14.2. The molecule has 0 aromatic heterocycles. The van der Waals surface area contributed by atoms with E-state index in [0.717, 1.165) is 10.0 Å². The number of hydrogen-bond donors (Lipinski definition) is 2. The van der Waals surface area contributed by atoms with Crippen LogP contribution in [0, 0.1) is 0 Å². The molecule has 0 unspecified atom stereocenters. The van der Waals surface area contributed by atoms with Gasteiger partial charge in [-0.1, -0.05) is 24.3 Å². The summed E-state index contributed by atoms with van der Waals surface area (Å²) in [4.78, 5) is 23.9. The minimum atomic E-state index is -0.295. The average molecular weight is 377 g/mol. The summed E-state index contributed by atoms with van der Waals surface area (Å²) in [5.41, 5.74) is 2.14. The lowest BCUT2D eigenvalue weighted by molar-refractivity contribution is -0.115. The van der Waals surface area contributed by atoms with Gasteiger partial charge in [0.2, 0.25) is 5.91 Å². The van der Waals surface area contributed by atoms with Crippen molar-refractivity contribution >= 4 is 33.4 Å². The third-order valence-corrected chi connectivity index (χ3v) is 3.78. The van der Waals surface area contributed by atoms with Crippen LogP contribution in [0.25, 0.3) is 0 Å². The van der Waals surface area contributed by atoms with E-state index in [1.165, 1.54) is 0 Å². The molecule has 0 bridgehead atoms. The summed E-state index contributed by atoms with van der Waals surface area (Å²) in [5.74, 6) is -0.586. The molecule has 0 aliphatic rings. The Kier molecular flexibility index (Phi) is 6.31. The summed E-state index contributed by atoms with van der Waals surface area (Å²) in [7, 11) is 1.62. The number of hydrogen-bond acceptors (Lipinski definition) is 3. The Morgan fingerprint density at radius 3 is 2.43 bits per heavy atom. The SMILES string of the molecule is COCc1ccc(C(=O)NCC(=O)Nc2ccccc2Br)cc1. The van der Waals surface area contributed by atoms with Crippen LogP contribution < -0.4 is 10.6 Å². The monoisotopic (exact) mass is 376 g/mol. The Labute approximate surface area is 143 Å². The first-order valence-corrected chi connectivity index (χ1v) is 7.80. The number of rotatable bonds is 6. The lowest BCUT2D eigenvalue weighted by Crippen LogP contribution is -2.32. The molecule has 0 fully saturated rings. The number of para-hydroxylation sites is 1. The highest BCUT2D eigenvalue weighted by atomic mass is 79.9. The molecule has 0 saturated heterocycles. The molecule has 0 heterocycles. The van der Waals surface area contributed by atoms with Crippen molar-refractivity contribution in [3.63, 3.8) is 0 Å². The molecule has 2 N–H and O–H groups in total. The first kappa shape index (κ1) is 17.2. The van der Waals surface area contributed by atoms with E-state index in [2.05, 4.69) is 26.6 Å². The fraction of sp³-hybridized carbons (Fsp3) is 0.176. The second-order valence-corrected chi connectivity index (χ2v) is 5.69. The van der Waals surface area contributed by atoms with Crippen molar-refractivity contribution in [2.45, 2.75) is 6.61 Å². The smallest absolute Gasteiger partial charge is 0.251 e. The summed E-state index contributed by atoms with van der Waals surface area (Å²) >= 11 is 3.35. The van der Waals surface area contributed by atoms with Gasteiger partial charge in [0.25, 0.3) is 5.91 Å². The van der Waals surface area contributed by atoms with Crippen LogP contribution in [0.3, 0.4) is 0 Å². The molecule has 23 heavy (non-hydrogen) atoms. The minimum absolute atomic E-state index is 0.0972. The van der Waals surface area contributed by atoms with Gasteiger partial charge in [-0.25, -0.2) is 0 Å². The van der Waals surface area contributed by atoms with Gasteiger partial charge in [0.15, 0.2) is 0 Å². The normalized spacial score (nSPS) is 10.2. The van der Waals surface area contributed by atoms with Crippen LogP contribution in [0.15, 0.2) is 53.0 Å². The molecule has 2 aromatic carbocycles. The summed E-state index contributed by atoms with van der Waals surface area (Å²) in [5, 5.41) is 5.32. The molecule has 6 heteroatoms. The second-order valence-electron chi connectivity index (χ2n) is 4.84. The second kappa shape index (κ2) is 8.45. The predicted molar refractivity (Wildman–Crippen MR) is 92.3 cm³/mol. The number of halogens is 1. The highest BCUT2D eigenvalue weighted by molar-refractivity contribution is 9.10. The van der Waals surface area contributed by atoms with E-state index >= 15 is 0 Å². The van der Waals surface area contributed by atoms with E-state index in [-0.39, 0.29) is 18.4 Å². The molecule has 0 radical (unpaired) electrons. The molecular weight excluding hydrogens is 360 g/mol. The van der Waals surface area contributed by atoms with Crippen LogP contribution in [0.4, 0.5) is 5.69 Å². The fourth-order valence-electron chi connectivity index (χ4n) is 1.94. The maximum atomic E-state index is 12.0. The first-order valence-electron chi connectivity index (χ1n) is 7.00. The van der Waals surface area contributed by atoms with Crippen molar-refractivity contribution in [2.24, 2.45) is 0 Å². The van der Waals surface area contributed by atoms with E-state index in [9.17, 15) is 9.59 Å².